The fourth-order valence-electron chi connectivity index (χ4n) is 4.24. The van der Waals surface area contributed by atoms with E-state index < -0.39 is 0 Å². The second kappa shape index (κ2) is 9.67. The largest absolute Gasteiger partial charge is 0.303 e. The van der Waals surface area contributed by atoms with Crippen molar-refractivity contribution < 1.29 is 4.79 Å². The van der Waals surface area contributed by atoms with Crippen molar-refractivity contribution in [1.29, 1.82) is 0 Å². The number of Topliss-reactive ketones (excluding diaryl/α,β-unsaturated/α-hetero) is 1. The van der Waals surface area contributed by atoms with Gasteiger partial charge in [-0.25, -0.2) is 0 Å². The van der Waals surface area contributed by atoms with Gasteiger partial charge in [0.05, 0.1) is 0 Å². The van der Waals surface area contributed by atoms with Crippen LogP contribution >= 0.6 is 0 Å². The molecule has 1 heterocycles. The van der Waals surface area contributed by atoms with Crippen molar-refractivity contribution >= 4 is 5.78 Å². The maximum atomic E-state index is 12.6. The van der Waals surface area contributed by atoms with Gasteiger partial charge < -0.3 is 4.90 Å². The molecule has 0 amide bonds. The van der Waals surface area contributed by atoms with Crippen LogP contribution in [0, 0.1) is 5.92 Å². The smallest absolute Gasteiger partial charge is 0.164 e. The van der Waals surface area contributed by atoms with Gasteiger partial charge in [0.25, 0.3) is 0 Å². The fraction of sp³-hybridized carbons (Fsp3) is 0.296. The van der Waals surface area contributed by atoms with Crippen LogP contribution in [0.2, 0.25) is 0 Å². The zero-order valence-corrected chi connectivity index (χ0v) is 17.0. The zero-order chi connectivity index (χ0) is 19.9. The summed E-state index contributed by atoms with van der Waals surface area (Å²) in [6, 6.07) is 29.1. The second-order valence-corrected chi connectivity index (χ2v) is 8.09. The summed E-state index contributed by atoms with van der Waals surface area (Å²) in [6.45, 7) is 3.09. The van der Waals surface area contributed by atoms with Crippen molar-refractivity contribution in [3.63, 3.8) is 0 Å². The van der Waals surface area contributed by atoms with Gasteiger partial charge in [0, 0.05) is 18.5 Å². The Morgan fingerprint density at radius 1 is 0.759 bits per heavy atom. The van der Waals surface area contributed by atoms with E-state index in [0.29, 0.717) is 6.42 Å². The Morgan fingerprint density at radius 3 is 2.00 bits per heavy atom. The van der Waals surface area contributed by atoms with Gasteiger partial charge in [-0.05, 0) is 55.0 Å². The molecule has 2 heteroatoms. The summed E-state index contributed by atoms with van der Waals surface area (Å²) in [5, 5.41) is 0. The molecule has 0 aliphatic carbocycles. The minimum atomic E-state index is 0.246. The molecular formula is C27H29NO. The fourth-order valence-corrected chi connectivity index (χ4v) is 4.24. The minimum absolute atomic E-state index is 0.246. The van der Waals surface area contributed by atoms with E-state index in [1.54, 1.807) is 0 Å². The first-order valence-corrected chi connectivity index (χ1v) is 10.7. The molecular weight excluding hydrogens is 354 g/mol. The van der Waals surface area contributed by atoms with Crippen LogP contribution in [0.25, 0.3) is 11.1 Å². The number of nitrogens with zero attached hydrogens (tertiary/aromatic N) is 1. The normalized spacial score (nSPS) is 15.3. The molecule has 1 fully saturated rings. The molecule has 3 aromatic carbocycles. The molecule has 0 aromatic heterocycles. The van der Waals surface area contributed by atoms with E-state index in [2.05, 4.69) is 59.5 Å². The average molecular weight is 384 g/mol. The van der Waals surface area contributed by atoms with E-state index >= 15 is 0 Å². The van der Waals surface area contributed by atoms with Gasteiger partial charge in [-0.3, -0.25) is 4.79 Å². The Bertz CT molecular complexity index is 894. The third-order valence-corrected chi connectivity index (χ3v) is 6.04. The number of hydrogen-bond acceptors (Lipinski definition) is 2. The van der Waals surface area contributed by atoms with Crippen molar-refractivity contribution in [2.45, 2.75) is 25.7 Å². The maximum Gasteiger partial charge on any atom is 0.164 e. The Morgan fingerprint density at radius 2 is 1.34 bits per heavy atom. The lowest BCUT2D eigenvalue weighted by Gasteiger charge is -2.31. The molecule has 1 saturated heterocycles. The Balaban J connectivity index is 1.23. The van der Waals surface area contributed by atoms with Crippen LogP contribution in [0.15, 0.2) is 84.9 Å². The molecule has 2 nitrogen and oxygen atoms in total. The zero-order valence-electron chi connectivity index (χ0n) is 17.0. The summed E-state index contributed by atoms with van der Waals surface area (Å²) in [4.78, 5) is 15.1. The molecule has 0 N–H and O–H groups in total. The van der Waals surface area contributed by atoms with Crippen molar-refractivity contribution in [1.82, 2.24) is 4.90 Å². The standard InChI is InChI=1S/C27H29NO/c29-27(26-13-11-25(12-14-26)24-9-5-2-6-10-24)17-20-28-18-15-23(16-19-28)21-22-7-3-1-4-8-22/h1-14,23H,15-21H2. The summed E-state index contributed by atoms with van der Waals surface area (Å²) in [5.41, 5.74) is 4.61. The van der Waals surface area contributed by atoms with Crippen LogP contribution in [0.1, 0.15) is 35.2 Å². The lowest BCUT2D eigenvalue weighted by molar-refractivity contribution is 0.0951. The monoisotopic (exact) mass is 383 g/mol. The van der Waals surface area contributed by atoms with Gasteiger partial charge in [-0.2, -0.15) is 0 Å². The molecule has 1 aliphatic rings. The predicted octanol–water partition coefficient (Wildman–Crippen LogP) is 5.88. The molecule has 0 unspecified atom stereocenters. The number of piperidine rings is 1. The summed E-state index contributed by atoms with van der Waals surface area (Å²) in [5.74, 6) is 1.02. The first-order chi connectivity index (χ1) is 14.3. The Labute approximate surface area is 174 Å². The molecule has 1 aliphatic heterocycles. The van der Waals surface area contributed by atoms with Gasteiger partial charge in [0.1, 0.15) is 0 Å². The van der Waals surface area contributed by atoms with E-state index in [0.717, 1.165) is 36.7 Å². The van der Waals surface area contributed by atoms with Crippen molar-refractivity contribution in [2.75, 3.05) is 19.6 Å². The van der Waals surface area contributed by atoms with Crippen LogP contribution < -0.4 is 0 Å². The molecule has 0 radical (unpaired) electrons. The molecule has 148 valence electrons. The number of likely N-dealkylation sites (tertiary alicyclic amines) is 1. The number of benzene rings is 3. The van der Waals surface area contributed by atoms with E-state index in [1.165, 1.54) is 30.4 Å². The molecule has 4 rings (SSSR count). The maximum absolute atomic E-state index is 12.6. The minimum Gasteiger partial charge on any atom is -0.303 e. The number of carbonyl (C=O) groups excluding carboxylic acids is 1. The number of hydrogen-bond donors (Lipinski definition) is 0. The molecule has 0 spiro atoms. The van der Waals surface area contributed by atoms with Crippen LogP contribution in [0.3, 0.4) is 0 Å². The third kappa shape index (κ3) is 5.42. The number of carbonyl (C=O) groups is 1. The van der Waals surface area contributed by atoms with Crippen LogP contribution in [0.4, 0.5) is 0 Å². The van der Waals surface area contributed by atoms with Crippen molar-refractivity contribution in [3.8, 4) is 11.1 Å². The third-order valence-electron chi connectivity index (χ3n) is 6.04. The Hall–Kier alpha value is -2.71. The van der Waals surface area contributed by atoms with Gasteiger partial charge in [0.15, 0.2) is 5.78 Å². The molecule has 0 bridgehead atoms. The summed E-state index contributed by atoms with van der Waals surface area (Å²) in [6.07, 6.45) is 4.25. The highest BCUT2D eigenvalue weighted by Gasteiger charge is 2.20. The van der Waals surface area contributed by atoms with Crippen molar-refractivity contribution in [2.24, 2.45) is 5.92 Å². The average Bonchev–Trinajstić information content (AvgIpc) is 2.80. The second-order valence-electron chi connectivity index (χ2n) is 8.09. The van der Waals surface area contributed by atoms with Gasteiger partial charge in [0.2, 0.25) is 0 Å². The van der Waals surface area contributed by atoms with E-state index in [4.69, 9.17) is 0 Å². The highest BCUT2D eigenvalue weighted by Crippen LogP contribution is 2.23. The summed E-state index contributed by atoms with van der Waals surface area (Å²) < 4.78 is 0. The number of ketones is 1. The summed E-state index contributed by atoms with van der Waals surface area (Å²) >= 11 is 0. The molecule has 0 atom stereocenters. The lowest BCUT2D eigenvalue weighted by atomic mass is 9.90. The van der Waals surface area contributed by atoms with Gasteiger partial charge >= 0.3 is 0 Å². The van der Waals surface area contributed by atoms with Crippen LogP contribution in [0.5, 0.6) is 0 Å². The van der Waals surface area contributed by atoms with Gasteiger partial charge in [-0.1, -0.05) is 84.9 Å². The van der Waals surface area contributed by atoms with E-state index in [1.807, 2.05) is 30.3 Å². The summed E-state index contributed by atoms with van der Waals surface area (Å²) in [7, 11) is 0. The first-order valence-electron chi connectivity index (χ1n) is 10.7. The van der Waals surface area contributed by atoms with Gasteiger partial charge in [-0.15, -0.1) is 0 Å². The van der Waals surface area contributed by atoms with E-state index in [9.17, 15) is 4.79 Å². The highest BCUT2D eigenvalue weighted by molar-refractivity contribution is 5.96. The molecule has 0 saturated carbocycles. The topological polar surface area (TPSA) is 20.3 Å². The molecule has 29 heavy (non-hydrogen) atoms. The predicted molar refractivity (Wildman–Crippen MR) is 120 cm³/mol. The SMILES string of the molecule is O=C(CCN1CCC(Cc2ccccc2)CC1)c1ccc(-c2ccccc2)cc1. The lowest BCUT2D eigenvalue weighted by Crippen LogP contribution is -2.35. The number of rotatable bonds is 7. The first kappa shape index (κ1) is 19.6. The Kier molecular flexibility index (Phi) is 6.53. The molecule has 3 aromatic rings. The quantitative estimate of drug-likeness (QED) is 0.475. The highest BCUT2D eigenvalue weighted by atomic mass is 16.1. The van der Waals surface area contributed by atoms with Crippen LogP contribution in [-0.4, -0.2) is 30.3 Å². The van der Waals surface area contributed by atoms with Crippen LogP contribution in [-0.2, 0) is 6.42 Å². The van der Waals surface area contributed by atoms with Crippen molar-refractivity contribution in [3.05, 3.63) is 96.1 Å². The van der Waals surface area contributed by atoms with E-state index in [-0.39, 0.29) is 5.78 Å².